The number of aryl methyl sites for hydroxylation is 1. The van der Waals surface area contributed by atoms with Crippen LogP contribution < -0.4 is 15.8 Å². The monoisotopic (exact) mass is 304 g/mol. The van der Waals surface area contributed by atoms with E-state index in [1.54, 1.807) is 13.1 Å². The average molecular weight is 304 g/mol. The van der Waals surface area contributed by atoms with E-state index in [4.69, 9.17) is 0 Å². The third-order valence-corrected chi connectivity index (χ3v) is 4.78. The Bertz CT molecular complexity index is 592. The Hall–Kier alpha value is -1.85. The lowest BCUT2D eigenvalue weighted by molar-refractivity contribution is -0.126. The summed E-state index contributed by atoms with van der Waals surface area (Å²) in [5, 5.41) is 7.47. The van der Waals surface area contributed by atoms with Crippen LogP contribution in [0.1, 0.15) is 38.5 Å². The fourth-order valence-corrected chi connectivity index (χ4v) is 3.43. The Morgan fingerprint density at radius 3 is 2.73 bits per heavy atom. The van der Waals surface area contributed by atoms with Crippen molar-refractivity contribution < 1.29 is 4.79 Å². The lowest BCUT2D eigenvalue weighted by Gasteiger charge is -2.23. The highest BCUT2D eigenvalue weighted by molar-refractivity contribution is 5.79. The number of nitrogens with zero attached hydrogens (tertiary/aromatic N) is 3. The fourth-order valence-electron chi connectivity index (χ4n) is 3.43. The summed E-state index contributed by atoms with van der Waals surface area (Å²) < 4.78 is 1.35. The number of nitrogens with one attached hydrogen (secondary N) is 1. The first-order valence-corrected chi connectivity index (χ1v) is 8.23. The van der Waals surface area contributed by atoms with Gasteiger partial charge in [-0.3, -0.25) is 9.59 Å². The molecule has 1 N–H and O–H groups in total. The van der Waals surface area contributed by atoms with Crippen molar-refractivity contribution in [3.63, 3.8) is 0 Å². The number of amides is 1. The standard InChI is InChI=1S/C16H24N4O2/c1-19-15(21)8-7-14(18-19)20-10-9-13(11-20)17-16(22)12-5-3-2-4-6-12/h7-8,12-13H,2-6,9-11H2,1H3,(H,17,22). The Labute approximate surface area is 130 Å². The lowest BCUT2D eigenvalue weighted by atomic mass is 9.88. The van der Waals surface area contributed by atoms with E-state index >= 15 is 0 Å². The van der Waals surface area contributed by atoms with Crippen molar-refractivity contribution in [1.82, 2.24) is 15.1 Å². The molecule has 3 rings (SSSR count). The molecule has 1 unspecified atom stereocenters. The van der Waals surface area contributed by atoms with Gasteiger partial charge in [0.15, 0.2) is 0 Å². The highest BCUT2D eigenvalue weighted by atomic mass is 16.2. The average Bonchev–Trinajstić information content (AvgIpc) is 2.99. The largest absolute Gasteiger partial charge is 0.353 e. The number of anilines is 1. The maximum Gasteiger partial charge on any atom is 0.266 e. The van der Waals surface area contributed by atoms with Gasteiger partial charge in [0.25, 0.3) is 5.56 Å². The summed E-state index contributed by atoms with van der Waals surface area (Å²) in [6.45, 7) is 1.63. The fraction of sp³-hybridized carbons (Fsp3) is 0.688. The molecule has 1 saturated carbocycles. The minimum Gasteiger partial charge on any atom is -0.353 e. The predicted octanol–water partition coefficient (Wildman–Crippen LogP) is 1.06. The molecule has 2 aliphatic rings. The van der Waals surface area contributed by atoms with Gasteiger partial charge in [0, 0.05) is 38.2 Å². The van der Waals surface area contributed by atoms with Crippen LogP contribution in [0.5, 0.6) is 0 Å². The van der Waals surface area contributed by atoms with Crippen molar-refractivity contribution in [3.8, 4) is 0 Å². The molecule has 1 aromatic rings. The van der Waals surface area contributed by atoms with Crippen molar-refractivity contribution in [1.29, 1.82) is 0 Å². The second-order valence-electron chi connectivity index (χ2n) is 6.43. The summed E-state index contributed by atoms with van der Waals surface area (Å²) in [6, 6.07) is 3.48. The van der Waals surface area contributed by atoms with Crippen LogP contribution >= 0.6 is 0 Å². The summed E-state index contributed by atoms with van der Waals surface area (Å²) in [6.07, 6.45) is 6.62. The van der Waals surface area contributed by atoms with Gasteiger partial charge in [0.05, 0.1) is 0 Å². The third-order valence-electron chi connectivity index (χ3n) is 4.78. The molecule has 1 aliphatic carbocycles. The number of hydrogen-bond donors (Lipinski definition) is 1. The Balaban J connectivity index is 1.56. The van der Waals surface area contributed by atoms with E-state index in [0.717, 1.165) is 38.2 Å². The van der Waals surface area contributed by atoms with E-state index in [1.807, 2.05) is 0 Å². The molecule has 0 radical (unpaired) electrons. The zero-order valence-corrected chi connectivity index (χ0v) is 13.1. The van der Waals surface area contributed by atoms with Crippen molar-refractivity contribution >= 4 is 11.7 Å². The minimum atomic E-state index is -0.106. The molecule has 1 aromatic heterocycles. The Morgan fingerprint density at radius 2 is 2.00 bits per heavy atom. The van der Waals surface area contributed by atoms with Gasteiger partial charge in [-0.2, -0.15) is 5.10 Å². The maximum atomic E-state index is 12.3. The molecule has 1 saturated heterocycles. The topological polar surface area (TPSA) is 67.2 Å². The molecule has 0 bridgehead atoms. The van der Waals surface area contributed by atoms with Crippen LogP contribution in [0.3, 0.4) is 0 Å². The molecule has 2 fully saturated rings. The van der Waals surface area contributed by atoms with Gasteiger partial charge < -0.3 is 10.2 Å². The first-order chi connectivity index (χ1) is 10.6. The summed E-state index contributed by atoms with van der Waals surface area (Å²) in [5.41, 5.74) is -0.106. The zero-order chi connectivity index (χ0) is 15.5. The van der Waals surface area contributed by atoms with Crippen LogP contribution in [0, 0.1) is 5.92 Å². The molecule has 1 atom stereocenters. The third kappa shape index (κ3) is 3.31. The van der Waals surface area contributed by atoms with Crippen LogP contribution in [0.4, 0.5) is 5.82 Å². The quantitative estimate of drug-likeness (QED) is 0.906. The van der Waals surface area contributed by atoms with E-state index in [2.05, 4.69) is 15.3 Å². The summed E-state index contributed by atoms with van der Waals surface area (Å²) in [7, 11) is 1.66. The van der Waals surface area contributed by atoms with Crippen LogP contribution in [-0.2, 0) is 11.8 Å². The second-order valence-corrected chi connectivity index (χ2v) is 6.43. The van der Waals surface area contributed by atoms with Crippen molar-refractivity contribution in [2.75, 3.05) is 18.0 Å². The first-order valence-electron chi connectivity index (χ1n) is 8.23. The molecule has 1 amide bonds. The number of aromatic nitrogens is 2. The molecule has 6 heteroatoms. The molecule has 6 nitrogen and oxygen atoms in total. The maximum absolute atomic E-state index is 12.3. The van der Waals surface area contributed by atoms with E-state index in [-0.39, 0.29) is 23.4 Å². The SMILES string of the molecule is Cn1nc(N2CCC(NC(=O)C3CCCCC3)C2)ccc1=O. The highest BCUT2D eigenvalue weighted by Crippen LogP contribution is 2.24. The van der Waals surface area contributed by atoms with Crippen LogP contribution in [0.15, 0.2) is 16.9 Å². The summed E-state index contributed by atoms with van der Waals surface area (Å²) >= 11 is 0. The number of rotatable bonds is 3. The summed E-state index contributed by atoms with van der Waals surface area (Å²) in [5.74, 6) is 1.23. The molecule has 22 heavy (non-hydrogen) atoms. The normalized spacial score (nSPS) is 22.8. The van der Waals surface area contributed by atoms with Gasteiger partial charge in [-0.25, -0.2) is 4.68 Å². The highest BCUT2D eigenvalue weighted by Gasteiger charge is 2.28. The van der Waals surface area contributed by atoms with E-state index in [0.29, 0.717) is 0 Å². The minimum absolute atomic E-state index is 0.106. The van der Waals surface area contributed by atoms with E-state index < -0.39 is 0 Å². The Morgan fingerprint density at radius 1 is 1.23 bits per heavy atom. The smallest absolute Gasteiger partial charge is 0.266 e. The van der Waals surface area contributed by atoms with Gasteiger partial charge in [-0.1, -0.05) is 19.3 Å². The van der Waals surface area contributed by atoms with Gasteiger partial charge in [-0.15, -0.1) is 0 Å². The lowest BCUT2D eigenvalue weighted by Crippen LogP contribution is -2.41. The van der Waals surface area contributed by atoms with Gasteiger partial charge in [0.2, 0.25) is 5.91 Å². The zero-order valence-electron chi connectivity index (χ0n) is 13.1. The number of carbonyl (C=O) groups excluding carboxylic acids is 1. The van der Waals surface area contributed by atoms with Gasteiger partial charge >= 0.3 is 0 Å². The van der Waals surface area contributed by atoms with Gasteiger partial charge in [-0.05, 0) is 25.3 Å². The van der Waals surface area contributed by atoms with Crippen LogP contribution in [-0.4, -0.2) is 34.8 Å². The van der Waals surface area contributed by atoms with Crippen molar-refractivity contribution in [2.45, 2.75) is 44.6 Å². The molecule has 0 aromatic carbocycles. The number of hydrogen-bond acceptors (Lipinski definition) is 4. The van der Waals surface area contributed by atoms with Crippen molar-refractivity contribution in [3.05, 3.63) is 22.5 Å². The Kier molecular flexibility index (Phi) is 4.45. The van der Waals surface area contributed by atoms with Crippen LogP contribution in [0.2, 0.25) is 0 Å². The molecular weight excluding hydrogens is 280 g/mol. The van der Waals surface area contributed by atoms with E-state index in [1.165, 1.54) is 30.0 Å². The molecule has 2 heterocycles. The molecule has 0 spiro atoms. The number of carbonyl (C=O) groups is 1. The first kappa shape index (κ1) is 15.1. The molecular formula is C16H24N4O2. The molecule has 1 aliphatic heterocycles. The molecule has 120 valence electrons. The van der Waals surface area contributed by atoms with E-state index in [9.17, 15) is 9.59 Å². The van der Waals surface area contributed by atoms with Crippen molar-refractivity contribution in [2.24, 2.45) is 13.0 Å². The predicted molar refractivity (Wildman–Crippen MR) is 84.8 cm³/mol. The second kappa shape index (κ2) is 6.50. The van der Waals surface area contributed by atoms with Crippen LogP contribution in [0.25, 0.3) is 0 Å². The van der Waals surface area contributed by atoms with Gasteiger partial charge in [0.1, 0.15) is 5.82 Å². The summed E-state index contributed by atoms with van der Waals surface area (Å²) in [4.78, 5) is 25.8.